The first-order valence-electron chi connectivity index (χ1n) is 7.77. The first-order valence-corrected chi connectivity index (χ1v) is 8.15. The Balaban J connectivity index is 2.54. The molecule has 0 saturated heterocycles. The Morgan fingerprint density at radius 2 is 1.92 bits per heavy atom. The third-order valence-electron chi connectivity index (χ3n) is 4.08. The first kappa shape index (κ1) is 19.1. The molecule has 25 heavy (non-hydrogen) atoms. The van der Waals surface area contributed by atoms with Gasteiger partial charge < -0.3 is 14.6 Å². The van der Waals surface area contributed by atoms with Gasteiger partial charge >= 0.3 is 11.9 Å². The molecule has 0 aromatic heterocycles. The molecule has 7 heteroatoms. The summed E-state index contributed by atoms with van der Waals surface area (Å²) in [7, 11) is 1.50. The van der Waals surface area contributed by atoms with Crippen LogP contribution in [0.2, 0.25) is 5.02 Å². The van der Waals surface area contributed by atoms with E-state index < -0.39 is 23.8 Å². The Morgan fingerprint density at radius 3 is 2.52 bits per heavy atom. The molecule has 1 N–H and O–H groups in total. The van der Waals surface area contributed by atoms with Gasteiger partial charge in [-0.1, -0.05) is 29.8 Å². The number of aliphatic imine (C=N–C) groups is 1. The lowest BCUT2D eigenvalue weighted by atomic mass is 9.75. The molecule has 0 aliphatic carbocycles. The van der Waals surface area contributed by atoms with Crippen LogP contribution in [0, 0.1) is 5.92 Å². The van der Waals surface area contributed by atoms with Gasteiger partial charge in [0.2, 0.25) is 0 Å². The van der Waals surface area contributed by atoms with E-state index in [0.717, 1.165) is 0 Å². The Labute approximate surface area is 151 Å². The number of carbonyl (C=O) groups excluding carboxylic acids is 1. The molecule has 1 aliphatic heterocycles. The minimum Gasteiger partial charge on any atom is -0.481 e. The van der Waals surface area contributed by atoms with Crippen molar-refractivity contribution >= 4 is 29.3 Å². The molecule has 1 aliphatic rings. The van der Waals surface area contributed by atoms with E-state index in [-0.39, 0.29) is 18.8 Å². The van der Waals surface area contributed by atoms with Crippen molar-refractivity contribution < 1.29 is 24.2 Å². The van der Waals surface area contributed by atoms with Crippen LogP contribution in [-0.2, 0) is 19.1 Å². The molecule has 1 heterocycles. The number of ether oxygens (including phenoxy) is 2. The van der Waals surface area contributed by atoms with E-state index in [9.17, 15) is 14.7 Å². The van der Waals surface area contributed by atoms with Gasteiger partial charge in [-0.2, -0.15) is 0 Å². The summed E-state index contributed by atoms with van der Waals surface area (Å²) in [5.74, 6) is -3.44. The van der Waals surface area contributed by atoms with Crippen molar-refractivity contribution in [1.29, 1.82) is 0 Å². The lowest BCUT2D eigenvalue weighted by Gasteiger charge is -2.31. The number of carbonyl (C=O) groups is 2. The average Bonchev–Trinajstić information content (AvgIpc) is 2.54. The van der Waals surface area contributed by atoms with Crippen molar-refractivity contribution in [3.63, 3.8) is 0 Å². The van der Waals surface area contributed by atoms with Crippen LogP contribution in [0.5, 0.6) is 0 Å². The Bertz CT molecular complexity index is 741. The zero-order valence-corrected chi connectivity index (χ0v) is 15.0. The highest BCUT2D eigenvalue weighted by Gasteiger charge is 2.42. The molecule has 134 valence electrons. The molecule has 2 rings (SSSR count). The number of esters is 1. The van der Waals surface area contributed by atoms with Crippen LogP contribution < -0.4 is 0 Å². The van der Waals surface area contributed by atoms with Crippen molar-refractivity contribution in [1.82, 2.24) is 0 Å². The number of methoxy groups -OCH3 is 1. The largest absolute Gasteiger partial charge is 0.481 e. The summed E-state index contributed by atoms with van der Waals surface area (Å²) in [5.41, 5.74) is 1.62. The predicted molar refractivity (Wildman–Crippen MR) is 94.0 cm³/mol. The normalized spacial score (nSPS) is 20.2. The van der Waals surface area contributed by atoms with Gasteiger partial charge in [0.1, 0.15) is 12.5 Å². The van der Waals surface area contributed by atoms with Gasteiger partial charge in [0, 0.05) is 29.5 Å². The summed E-state index contributed by atoms with van der Waals surface area (Å²) in [6.45, 7) is 3.62. The highest BCUT2D eigenvalue weighted by molar-refractivity contribution is 6.31. The van der Waals surface area contributed by atoms with Gasteiger partial charge in [-0.05, 0) is 25.5 Å². The zero-order valence-electron chi connectivity index (χ0n) is 14.3. The number of halogens is 1. The highest BCUT2D eigenvalue weighted by Crippen LogP contribution is 2.42. The number of rotatable bonds is 6. The van der Waals surface area contributed by atoms with Gasteiger partial charge in [0.25, 0.3) is 0 Å². The lowest BCUT2D eigenvalue weighted by molar-refractivity contribution is -0.142. The topological polar surface area (TPSA) is 85.2 Å². The maximum atomic E-state index is 12.6. The van der Waals surface area contributed by atoms with Crippen LogP contribution in [0.25, 0.3) is 0 Å². The van der Waals surface area contributed by atoms with Crippen molar-refractivity contribution in [3.05, 3.63) is 46.1 Å². The SMILES string of the molecule is COCCOC(=O)C1=C(C)N=C(C)C(C(=O)O)C1c1ccccc1Cl. The van der Waals surface area contributed by atoms with Crippen molar-refractivity contribution in [2.24, 2.45) is 10.9 Å². The van der Waals surface area contributed by atoms with Gasteiger partial charge in [0.15, 0.2) is 0 Å². The maximum absolute atomic E-state index is 12.6. The number of allylic oxidation sites excluding steroid dienone is 1. The Morgan fingerprint density at radius 1 is 1.24 bits per heavy atom. The number of benzene rings is 1. The number of hydrogen-bond donors (Lipinski definition) is 1. The number of aliphatic carboxylic acids is 1. The quantitative estimate of drug-likeness (QED) is 0.618. The summed E-state index contributed by atoms with van der Waals surface area (Å²) in [6, 6.07) is 6.89. The molecule has 2 atom stereocenters. The van der Waals surface area contributed by atoms with Crippen molar-refractivity contribution in [2.75, 3.05) is 20.3 Å². The number of nitrogens with zero attached hydrogens (tertiary/aromatic N) is 1. The fourth-order valence-electron chi connectivity index (χ4n) is 2.98. The second-order valence-electron chi connectivity index (χ2n) is 5.70. The van der Waals surface area contributed by atoms with E-state index in [2.05, 4.69) is 4.99 Å². The molecule has 2 unspecified atom stereocenters. The van der Waals surface area contributed by atoms with Crippen molar-refractivity contribution in [3.8, 4) is 0 Å². The van der Waals surface area contributed by atoms with Crippen LogP contribution in [0.4, 0.5) is 0 Å². The number of carboxylic acids is 1. The summed E-state index contributed by atoms with van der Waals surface area (Å²) in [5, 5.41) is 10.1. The average molecular weight is 366 g/mol. The van der Waals surface area contributed by atoms with E-state index in [0.29, 0.717) is 22.0 Å². The van der Waals surface area contributed by atoms with Crippen LogP contribution in [-0.4, -0.2) is 43.1 Å². The molecule has 0 bridgehead atoms. The first-order chi connectivity index (χ1) is 11.9. The summed E-state index contributed by atoms with van der Waals surface area (Å²) in [4.78, 5) is 28.8. The lowest BCUT2D eigenvalue weighted by Crippen LogP contribution is -2.35. The van der Waals surface area contributed by atoms with E-state index >= 15 is 0 Å². The molecule has 1 aromatic rings. The van der Waals surface area contributed by atoms with E-state index in [1.54, 1.807) is 38.1 Å². The van der Waals surface area contributed by atoms with Gasteiger partial charge in [-0.15, -0.1) is 0 Å². The molecule has 0 radical (unpaired) electrons. The minimum absolute atomic E-state index is 0.0712. The Kier molecular flexibility index (Phi) is 6.33. The smallest absolute Gasteiger partial charge is 0.336 e. The number of hydrogen-bond acceptors (Lipinski definition) is 5. The molecular weight excluding hydrogens is 346 g/mol. The fourth-order valence-corrected chi connectivity index (χ4v) is 3.23. The van der Waals surface area contributed by atoms with Gasteiger partial charge in [0.05, 0.1) is 12.2 Å². The Hall–Kier alpha value is -2.18. The molecule has 0 saturated carbocycles. The van der Waals surface area contributed by atoms with Crippen LogP contribution in [0.15, 0.2) is 40.5 Å². The third kappa shape index (κ3) is 4.08. The molecule has 6 nitrogen and oxygen atoms in total. The maximum Gasteiger partial charge on any atom is 0.336 e. The monoisotopic (exact) mass is 365 g/mol. The van der Waals surface area contributed by atoms with Gasteiger partial charge in [-0.25, -0.2) is 4.79 Å². The molecule has 0 fully saturated rings. The zero-order chi connectivity index (χ0) is 18.6. The van der Waals surface area contributed by atoms with Crippen LogP contribution in [0.1, 0.15) is 25.3 Å². The van der Waals surface area contributed by atoms with Crippen LogP contribution in [0.3, 0.4) is 0 Å². The van der Waals surface area contributed by atoms with Gasteiger partial charge in [-0.3, -0.25) is 9.79 Å². The van der Waals surface area contributed by atoms with E-state index in [4.69, 9.17) is 21.1 Å². The third-order valence-corrected chi connectivity index (χ3v) is 4.42. The van der Waals surface area contributed by atoms with E-state index in [1.165, 1.54) is 7.11 Å². The molecular formula is C18H20ClNO5. The second-order valence-corrected chi connectivity index (χ2v) is 6.10. The van der Waals surface area contributed by atoms with Crippen LogP contribution >= 0.6 is 11.6 Å². The van der Waals surface area contributed by atoms with E-state index in [1.807, 2.05) is 0 Å². The standard InChI is InChI=1S/C18H20ClNO5/c1-10-14(17(21)22)16(12-6-4-5-7-13(12)19)15(11(2)20-10)18(23)25-9-8-24-3/h4-7,14,16H,8-9H2,1-3H3,(H,21,22). The molecule has 0 spiro atoms. The summed E-state index contributed by atoms with van der Waals surface area (Å²) < 4.78 is 10.1. The minimum atomic E-state index is -1.07. The number of carboxylic acid groups (broad SMARTS) is 1. The summed E-state index contributed by atoms with van der Waals surface area (Å²) >= 11 is 6.29. The second kappa shape index (κ2) is 8.27. The predicted octanol–water partition coefficient (Wildman–Crippen LogP) is 3.06. The summed E-state index contributed by atoms with van der Waals surface area (Å²) in [6.07, 6.45) is 0. The van der Waals surface area contributed by atoms with Crippen molar-refractivity contribution in [2.45, 2.75) is 19.8 Å². The fraction of sp³-hybridized carbons (Fsp3) is 0.389. The highest BCUT2D eigenvalue weighted by atomic mass is 35.5. The molecule has 0 amide bonds. The molecule has 1 aromatic carbocycles.